The maximum atomic E-state index is 12.8. The van der Waals surface area contributed by atoms with E-state index < -0.39 is 10.0 Å². The fraction of sp³-hybridized carbons (Fsp3) is 0. The van der Waals surface area contributed by atoms with E-state index in [1.54, 1.807) is 35.8 Å². The second-order valence-electron chi connectivity index (χ2n) is 5.78. The highest BCUT2D eigenvalue weighted by Crippen LogP contribution is 2.26. The molecule has 0 atom stereocenters. The van der Waals surface area contributed by atoms with Gasteiger partial charge in [0.1, 0.15) is 0 Å². The molecule has 0 radical (unpaired) electrons. The molecule has 0 saturated carbocycles. The number of thiazole rings is 1. The van der Waals surface area contributed by atoms with Crippen molar-refractivity contribution in [2.24, 2.45) is 0 Å². The van der Waals surface area contributed by atoms with Crippen LogP contribution in [0.25, 0.3) is 10.9 Å². The summed E-state index contributed by atoms with van der Waals surface area (Å²) in [5.41, 5.74) is 0.856. The van der Waals surface area contributed by atoms with Gasteiger partial charge < -0.3 is 0 Å². The number of aromatic nitrogens is 2. The molecule has 0 amide bonds. The van der Waals surface area contributed by atoms with Gasteiger partial charge in [0.15, 0.2) is 5.13 Å². The number of hydrogen-bond acceptors (Lipinski definition) is 5. The number of fused-ring (bicyclic) bond motifs is 1. The van der Waals surface area contributed by atoms with Crippen LogP contribution in [0.4, 0.5) is 5.13 Å². The number of carbonyl (C=O) groups excluding carboxylic acids is 1. The smallest absolute Gasteiger partial charge is 0.263 e. The highest BCUT2D eigenvalue weighted by molar-refractivity contribution is 7.93. The third-order valence-corrected chi connectivity index (χ3v) is 6.71. The first-order chi connectivity index (χ1) is 13.3. The van der Waals surface area contributed by atoms with Crippen molar-refractivity contribution in [2.75, 3.05) is 4.72 Å². The van der Waals surface area contributed by atoms with E-state index in [2.05, 4.69) is 9.71 Å². The molecular weight excluding hydrogens is 441 g/mol. The Hall–Kier alpha value is -2.39. The predicted molar refractivity (Wildman–Crippen MR) is 111 cm³/mol. The Morgan fingerprint density at radius 1 is 1.11 bits per heavy atom. The normalized spacial score (nSPS) is 11.6. The van der Waals surface area contributed by atoms with Gasteiger partial charge in [0.25, 0.3) is 15.9 Å². The lowest BCUT2D eigenvalue weighted by Crippen LogP contribution is -2.13. The molecule has 2 aromatic heterocycles. The SMILES string of the molecule is O=C(c1ccc(Cl)cc1Cl)n1ccc2cc(S(=O)(=O)Nc3nccs3)ccc21. The monoisotopic (exact) mass is 451 g/mol. The van der Waals surface area contributed by atoms with Gasteiger partial charge in [0.05, 0.1) is 21.0 Å². The Balaban J connectivity index is 1.71. The zero-order valence-electron chi connectivity index (χ0n) is 14.0. The van der Waals surface area contributed by atoms with Crippen molar-refractivity contribution in [1.82, 2.24) is 9.55 Å². The summed E-state index contributed by atoms with van der Waals surface area (Å²) in [4.78, 5) is 16.8. The first kappa shape index (κ1) is 18.9. The fourth-order valence-corrected chi connectivity index (χ4v) is 5.02. The lowest BCUT2D eigenvalue weighted by molar-refractivity contribution is 0.0965. The van der Waals surface area contributed by atoms with E-state index in [1.807, 2.05) is 0 Å². The zero-order chi connectivity index (χ0) is 19.9. The first-order valence-electron chi connectivity index (χ1n) is 7.88. The van der Waals surface area contributed by atoms with Crippen LogP contribution in [-0.4, -0.2) is 23.9 Å². The number of benzene rings is 2. The minimum absolute atomic E-state index is 0.0740. The summed E-state index contributed by atoms with van der Waals surface area (Å²) in [5.74, 6) is -0.340. The quantitative estimate of drug-likeness (QED) is 0.478. The molecule has 0 aliphatic rings. The van der Waals surface area contributed by atoms with Crippen molar-refractivity contribution in [3.8, 4) is 0 Å². The predicted octanol–water partition coefficient (Wildman–Crippen LogP) is 4.89. The third-order valence-electron chi connectivity index (χ3n) is 4.01. The Morgan fingerprint density at radius 2 is 1.93 bits per heavy atom. The van der Waals surface area contributed by atoms with Crippen molar-refractivity contribution < 1.29 is 13.2 Å². The number of anilines is 1. The van der Waals surface area contributed by atoms with Crippen molar-refractivity contribution in [3.63, 3.8) is 0 Å². The number of nitrogens with one attached hydrogen (secondary N) is 1. The van der Waals surface area contributed by atoms with Gasteiger partial charge >= 0.3 is 0 Å². The van der Waals surface area contributed by atoms with Crippen LogP contribution in [0.3, 0.4) is 0 Å². The summed E-state index contributed by atoms with van der Waals surface area (Å²) in [6, 6.07) is 10.8. The van der Waals surface area contributed by atoms with Crippen LogP contribution < -0.4 is 4.72 Å². The van der Waals surface area contributed by atoms with Gasteiger partial charge in [-0.1, -0.05) is 23.2 Å². The third kappa shape index (κ3) is 3.51. The molecule has 4 aromatic rings. The molecule has 0 saturated heterocycles. The molecule has 0 spiro atoms. The van der Waals surface area contributed by atoms with Gasteiger partial charge in [0.2, 0.25) is 0 Å². The van der Waals surface area contributed by atoms with E-state index in [0.29, 0.717) is 21.5 Å². The van der Waals surface area contributed by atoms with E-state index in [9.17, 15) is 13.2 Å². The maximum absolute atomic E-state index is 12.8. The number of sulfonamides is 1. The van der Waals surface area contributed by atoms with Crippen LogP contribution >= 0.6 is 34.5 Å². The van der Waals surface area contributed by atoms with Crippen molar-refractivity contribution in [2.45, 2.75) is 4.90 Å². The van der Waals surface area contributed by atoms with Crippen molar-refractivity contribution >= 4 is 66.5 Å². The summed E-state index contributed by atoms with van der Waals surface area (Å²) in [6.07, 6.45) is 3.09. The lowest BCUT2D eigenvalue weighted by atomic mass is 10.2. The fourth-order valence-electron chi connectivity index (χ4n) is 2.71. The van der Waals surface area contributed by atoms with Crippen LogP contribution in [0.2, 0.25) is 10.0 Å². The Kier molecular flexibility index (Phi) is 4.88. The molecule has 6 nitrogen and oxygen atoms in total. The van der Waals surface area contributed by atoms with Crippen LogP contribution in [0.15, 0.2) is 65.1 Å². The van der Waals surface area contributed by atoms with E-state index in [1.165, 1.54) is 40.3 Å². The maximum Gasteiger partial charge on any atom is 0.263 e. The van der Waals surface area contributed by atoms with Gasteiger partial charge in [-0.25, -0.2) is 13.4 Å². The van der Waals surface area contributed by atoms with Gasteiger partial charge in [-0.2, -0.15) is 0 Å². The van der Waals surface area contributed by atoms with Crippen LogP contribution in [0.1, 0.15) is 10.4 Å². The van der Waals surface area contributed by atoms with Crippen molar-refractivity contribution in [3.05, 3.63) is 75.8 Å². The summed E-state index contributed by atoms with van der Waals surface area (Å²) in [5, 5.41) is 3.23. The van der Waals surface area contributed by atoms with Crippen LogP contribution in [0.5, 0.6) is 0 Å². The number of rotatable bonds is 4. The molecule has 1 N–H and O–H groups in total. The zero-order valence-corrected chi connectivity index (χ0v) is 17.1. The first-order valence-corrected chi connectivity index (χ1v) is 11.0. The van der Waals surface area contributed by atoms with Crippen LogP contribution in [0, 0.1) is 0 Å². The molecule has 4 rings (SSSR count). The van der Waals surface area contributed by atoms with E-state index in [-0.39, 0.29) is 21.0 Å². The molecule has 0 aliphatic carbocycles. The molecule has 10 heteroatoms. The largest absolute Gasteiger partial charge is 0.283 e. The minimum Gasteiger partial charge on any atom is -0.283 e. The Morgan fingerprint density at radius 3 is 2.64 bits per heavy atom. The van der Waals surface area contributed by atoms with Gasteiger partial charge in [-0.05, 0) is 42.5 Å². The highest BCUT2D eigenvalue weighted by atomic mass is 35.5. The summed E-state index contributed by atoms with van der Waals surface area (Å²) >= 11 is 13.2. The number of halogens is 2. The highest BCUT2D eigenvalue weighted by Gasteiger charge is 2.19. The van der Waals surface area contributed by atoms with E-state index in [0.717, 1.165) is 0 Å². The van der Waals surface area contributed by atoms with Gasteiger partial charge in [-0.15, -0.1) is 11.3 Å². The van der Waals surface area contributed by atoms with E-state index >= 15 is 0 Å². The lowest BCUT2D eigenvalue weighted by Gasteiger charge is -2.08. The average molecular weight is 452 g/mol. The molecule has 28 heavy (non-hydrogen) atoms. The number of nitrogens with zero attached hydrogens (tertiary/aromatic N) is 2. The summed E-state index contributed by atoms with van der Waals surface area (Å²) in [6.45, 7) is 0. The van der Waals surface area contributed by atoms with E-state index in [4.69, 9.17) is 23.2 Å². The molecule has 0 aliphatic heterocycles. The topological polar surface area (TPSA) is 81.1 Å². The van der Waals surface area contributed by atoms with Gasteiger partial charge in [0, 0.05) is 28.2 Å². The average Bonchev–Trinajstić information content (AvgIpc) is 3.29. The second kappa shape index (κ2) is 7.21. The molecular formula is C18H11Cl2N3O3S2. The Labute approximate surface area is 174 Å². The number of carbonyl (C=O) groups is 1. The Bertz CT molecular complexity index is 1300. The molecule has 2 heterocycles. The summed E-state index contributed by atoms with van der Waals surface area (Å²) < 4.78 is 28.9. The standard InChI is InChI=1S/C18H11Cl2N3O3S2/c19-12-1-3-14(15(20)10-12)17(24)23-7-5-11-9-13(2-4-16(11)23)28(25,26)22-18-21-6-8-27-18/h1-10H,(H,21,22). The summed E-state index contributed by atoms with van der Waals surface area (Å²) in [7, 11) is -3.78. The molecule has 0 fully saturated rings. The molecule has 0 unspecified atom stereocenters. The minimum atomic E-state index is -3.78. The molecule has 2 aromatic carbocycles. The van der Waals surface area contributed by atoms with Crippen LogP contribution in [-0.2, 0) is 10.0 Å². The molecule has 0 bridgehead atoms. The number of hydrogen-bond donors (Lipinski definition) is 1. The second-order valence-corrected chi connectivity index (χ2v) is 9.20. The molecule has 142 valence electrons. The van der Waals surface area contributed by atoms with Crippen molar-refractivity contribution in [1.29, 1.82) is 0 Å². The van der Waals surface area contributed by atoms with Gasteiger partial charge in [-0.3, -0.25) is 14.1 Å².